The molecule has 1 aliphatic heterocycles. The molecule has 1 aliphatic carbocycles. The third kappa shape index (κ3) is 3.67. The lowest BCUT2D eigenvalue weighted by Gasteiger charge is -2.30. The number of rotatable bonds is 4. The normalized spacial score (nSPS) is 28.2. The van der Waals surface area contributed by atoms with Crippen LogP contribution in [0.15, 0.2) is 11.6 Å². The predicted octanol–water partition coefficient (Wildman–Crippen LogP) is 3.60. The van der Waals surface area contributed by atoms with Gasteiger partial charge in [0.1, 0.15) is 0 Å². The van der Waals surface area contributed by atoms with Gasteiger partial charge < -0.3 is 14.2 Å². The Labute approximate surface area is 127 Å². The van der Waals surface area contributed by atoms with Crippen LogP contribution in [0.1, 0.15) is 60.3 Å². The van der Waals surface area contributed by atoms with Gasteiger partial charge in [0, 0.05) is 6.42 Å². The van der Waals surface area contributed by atoms with E-state index in [9.17, 15) is 4.79 Å². The lowest BCUT2D eigenvalue weighted by molar-refractivity contribution is -0.144. The molecule has 0 radical (unpaired) electrons. The Morgan fingerprint density at radius 3 is 2.38 bits per heavy atom. The lowest BCUT2D eigenvalue weighted by atomic mass is 9.87. The quantitative estimate of drug-likeness (QED) is 0.587. The molecule has 0 aromatic heterocycles. The molecule has 2 aliphatic rings. The van der Waals surface area contributed by atoms with Gasteiger partial charge in [0.2, 0.25) is 0 Å². The maximum absolute atomic E-state index is 11.5. The number of hydrogen-bond acceptors (Lipinski definition) is 4. The van der Waals surface area contributed by atoms with Crippen LogP contribution in [0.4, 0.5) is 0 Å². The van der Waals surface area contributed by atoms with Gasteiger partial charge >= 0.3 is 5.97 Å². The molecule has 21 heavy (non-hydrogen) atoms. The Morgan fingerprint density at radius 1 is 1.29 bits per heavy atom. The topological polar surface area (TPSA) is 44.8 Å². The van der Waals surface area contributed by atoms with Crippen LogP contribution in [-0.4, -0.2) is 30.1 Å². The average Bonchev–Trinajstić information content (AvgIpc) is 2.59. The molecule has 2 rings (SSSR count). The molecule has 120 valence electrons. The van der Waals surface area contributed by atoms with E-state index in [4.69, 9.17) is 14.2 Å². The molecule has 4 nitrogen and oxygen atoms in total. The van der Waals surface area contributed by atoms with Crippen LogP contribution in [0, 0.1) is 5.92 Å². The van der Waals surface area contributed by atoms with Gasteiger partial charge in [-0.1, -0.05) is 6.08 Å². The van der Waals surface area contributed by atoms with Gasteiger partial charge in [-0.3, -0.25) is 4.79 Å². The minimum absolute atomic E-state index is 0.0880. The van der Waals surface area contributed by atoms with Crippen LogP contribution in [-0.2, 0) is 19.0 Å². The van der Waals surface area contributed by atoms with Crippen molar-refractivity contribution in [2.75, 3.05) is 6.61 Å². The van der Waals surface area contributed by atoms with Crippen molar-refractivity contribution in [3.63, 3.8) is 0 Å². The highest BCUT2D eigenvalue weighted by Gasteiger charge is 2.50. The van der Waals surface area contributed by atoms with Crippen molar-refractivity contribution in [2.24, 2.45) is 5.92 Å². The second-order valence-electron chi connectivity index (χ2n) is 7.02. The Balaban J connectivity index is 1.91. The van der Waals surface area contributed by atoms with Crippen molar-refractivity contribution in [1.29, 1.82) is 0 Å². The molecule has 1 fully saturated rings. The van der Waals surface area contributed by atoms with Crippen molar-refractivity contribution in [3.05, 3.63) is 11.6 Å². The summed E-state index contributed by atoms with van der Waals surface area (Å²) in [5.74, 6) is 0.296. The molecular weight excluding hydrogens is 268 g/mol. The van der Waals surface area contributed by atoms with Crippen LogP contribution in [0.25, 0.3) is 0 Å². The predicted molar refractivity (Wildman–Crippen MR) is 80.8 cm³/mol. The Hall–Kier alpha value is -0.870. The summed E-state index contributed by atoms with van der Waals surface area (Å²) in [5.41, 5.74) is 0.634. The standard InChI is InChI=1S/C17H28O4/c1-6-19-14(18)11-12-7-9-13(10-8-12)15-20-16(2,3)17(4,5)21-15/h9,12,15H,6-8,10-11H2,1-5H3. The summed E-state index contributed by atoms with van der Waals surface area (Å²) >= 11 is 0. The fraction of sp³-hybridized carbons (Fsp3) is 0.824. The maximum atomic E-state index is 11.5. The van der Waals surface area contributed by atoms with E-state index in [1.54, 1.807) is 0 Å². The monoisotopic (exact) mass is 296 g/mol. The van der Waals surface area contributed by atoms with Gasteiger partial charge in [0.05, 0.1) is 17.8 Å². The van der Waals surface area contributed by atoms with E-state index in [-0.39, 0.29) is 23.5 Å². The van der Waals surface area contributed by atoms with Crippen LogP contribution in [0.5, 0.6) is 0 Å². The van der Waals surface area contributed by atoms with Crippen molar-refractivity contribution < 1.29 is 19.0 Å². The molecule has 4 heteroatoms. The molecule has 1 heterocycles. The van der Waals surface area contributed by atoms with Crippen LogP contribution in [0.2, 0.25) is 0 Å². The molecule has 0 amide bonds. The summed E-state index contributed by atoms with van der Waals surface area (Å²) in [7, 11) is 0. The highest BCUT2D eigenvalue weighted by molar-refractivity contribution is 5.69. The van der Waals surface area contributed by atoms with Crippen LogP contribution >= 0.6 is 0 Å². The highest BCUT2D eigenvalue weighted by Crippen LogP contribution is 2.42. The Kier molecular flexibility index (Phi) is 4.79. The van der Waals surface area contributed by atoms with Crippen molar-refractivity contribution >= 4 is 5.97 Å². The van der Waals surface area contributed by atoms with E-state index in [2.05, 4.69) is 33.8 Å². The second-order valence-corrected chi connectivity index (χ2v) is 7.02. The van der Waals surface area contributed by atoms with Gasteiger partial charge in [-0.05, 0) is 65.4 Å². The van der Waals surface area contributed by atoms with E-state index in [1.165, 1.54) is 5.57 Å². The molecule has 0 bridgehead atoms. The lowest BCUT2D eigenvalue weighted by Crippen LogP contribution is -2.41. The second kappa shape index (κ2) is 6.09. The van der Waals surface area contributed by atoms with Crippen molar-refractivity contribution in [1.82, 2.24) is 0 Å². The fourth-order valence-corrected chi connectivity index (χ4v) is 2.76. The van der Waals surface area contributed by atoms with E-state index in [1.807, 2.05) is 6.92 Å². The zero-order valence-electron chi connectivity index (χ0n) is 13.9. The Bertz CT molecular complexity index is 407. The van der Waals surface area contributed by atoms with E-state index < -0.39 is 0 Å². The molecule has 1 unspecified atom stereocenters. The first-order valence-electron chi connectivity index (χ1n) is 7.95. The van der Waals surface area contributed by atoms with Gasteiger partial charge in [-0.25, -0.2) is 0 Å². The van der Waals surface area contributed by atoms with E-state index in [0.717, 1.165) is 19.3 Å². The third-order valence-corrected chi connectivity index (χ3v) is 4.87. The molecule has 0 saturated carbocycles. The zero-order valence-corrected chi connectivity index (χ0v) is 13.9. The molecule has 0 N–H and O–H groups in total. The summed E-state index contributed by atoms with van der Waals surface area (Å²) in [6.45, 7) is 10.6. The van der Waals surface area contributed by atoms with Crippen LogP contribution < -0.4 is 0 Å². The van der Waals surface area contributed by atoms with E-state index in [0.29, 0.717) is 18.9 Å². The summed E-state index contributed by atoms with van der Waals surface area (Å²) in [6.07, 6.45) is 5.29. The van der Waals surface area contributed by atoms with Gasteiger partial charge in [-0.2, -0.15) is 0 Å². The number of allylic oxidation sites excluding steroid dienone is 1. The molecular formula is C17H28O4. The molecule has 0 aromatic carbocycles. The number of carbonyl (C=O) groups is 1. The van der Waals surface area contributed by atoms with E-state index >= 15 is 0 Å². The summed E-state index contributed by atoms with van der Waals surface area (Å²) in [4.78, 5) is 11.5. The summed E-state index contributed by atoms with van der Waals surface area (Å²) in [5, 5.41) is 0. The molecule has 1 saturated heterocycles. The molecule has 0 aromatic rings. The Morgan fingerprint density at radius 2 is 1.90 bits per heavy atom. The third-order valence-electron chi connectivity index (χ3n) is 4.87. The van der Waals surface area contributed by atoms with Gasteiger partial charge in [-0.15, -0.1) is 0 Å². The summed E-state index contributed by atoms with van der Waals surface area (Å²) < 4.78 is 17.2. The SMILES string of the molecule is CCOC(=O)CC1CC=C(C2OC(C)(C)C(C)(C)O2)CC1. The minimum atomic E-state index is -0.291. The minimum Gasteiger partial charge on any atom is -0.466 e. The first-order valence-corrected chi connectivity index (χ1v) is 7.95. The van der Waals surface area contributed by atoms with Gasteiger partial charge in [0.15, 0.2) is 6.29 Å². The summed E-state index contributed by atoms with van der Waals surface area (Å²) in [6, 6.07) is 0. The first kappa shape index (κ1) is 16.5. The average molecular weight is 296 g/mol. The number of ether oxygens (including phenoxy) is 3. The van der Waals surface area contributed by atoms with Crippen molar-refractivity contribution in [3.8, 4) is 0 Å². The van der Waals surface area contributed by atoms with Crippen molar-refractivity contribution in [2.45, 2.75) is 77.8 Å². The van der Waals surface area contributed by atoms with Gasteiger partial charge in [0.25, 0.3) is 0 Å². The first-order chi connectivity index (χ1) is 9.75. The largest absolute Gasteiger partial charge is 0.466 e. The fourth-order valence-electron chi connectivity index (χ4n) is 2.76. The number of hydrogen-bond donors (Lipinski definition) is 0. The smallest absolute Gasteiger partial charge is 0.306 e. The molecule has 1 atom stereocenters. The van der Waals surface area contributed by atoms with Crippen LogP contribution in [0.3, 0.4) is 0 Å². The zero-order chi connectivity index (χ0) is 15.7. The maximum Gasteiger partial charge on any atom is 0.306 e. The number of esters is 1. The highest BCUT2D eigenvalue weighted by atomic mass is 16.7. The number of carbonyl (C=O) groups excluding carboxylic acids is 1. The molecule has 0 spiro atoms.